The molecule has 1 atom stereocenters. The Labute approximate surface area is 105 Å². The molecule has 17 heavy (non-hydrogen) atoms. The minimum absolute atomic E-state index is 0.568. The molecule has 0 fully saturated rings. The van der Waals surface area contributed by atoms with Crippen LogP contribution in [0.4, 0.5) is 0 Å². The fraction of sp³-hybridized carbons (Fsp3) is 0.714. The Hall–Kier alpha value is -1.12. The van der Waals surface area contributed by atoms with E-state index in [0.29, 0.717) is 17.7 Å². The van der Waals surface area contributed by atoms with E-state index in [9.17, 15) is 0 Å². The van der Waals surface area contributed by atoms with E-state index in [1.807, 2.05) is 13.0 Å². The van der Waals surface area contributed by atoms with Gasteiger partial charge in [0, 0.05) is 18.2 Å². The molecule has 1 aromatic rings. The molecule has 3 heteroatoms. The summed E-state index contributed by atoms with van der Waals surface area (Å²) in [5, 5.41) is 0. The van der Waals surface area contributed by atoms with Crippen molar-refractivity contribution in [3.8, 4) is 5.88 Å². The topological polar surface area (TPSA) is 35.0 Å². The van der Waals surface area contributed by atoms with Crippen molar-refractivity contribution in [2.24, 2.45) is 11.8 Å². The van der Waals surface area contributed by atoms with E-state index in [-0.39, 0.29) is 0 Å². The summed E-state index contributed by atoms with van der Waals surface area (Å²) >= 11 is 0. The fourth-order valence-corrected chi connectivity index (χ4v) is 1.47. The van der Waals surface area contributed by atoms with Crippen LogP contribution in [0.2, 0.25) is 0 Å². The van der Waals surface area contributed by atoms with Gasteiger partial charge < -0.3 is 4.74 Å². The minimum atomic E-state index is 0.568. The zero-order valence-corrected chi connectivity index (χ0v) is 11.7. The highest BCUT2D eigenvalue weighted by atomic mass is 16.5. The first-order chi connectivity index (χ1) is 8.01. The van der Waals surface area contributed by atoms with E-state index < -0.39 is 0 Å². The number of hydrogen-bond acceptors (Lipinski definition) is 3. The smallest absolute Gasteiger partial charge is 0.216 e. The number of ether oxygens (including phenoxy) is 1. The van der Waals surface area contributed by atoms with E-state index in [4.69, 9.17) is 4.74 Å². The molecule has 0 aromatic carbocycles. The lowest BCUT2D eigenvalue weighted by Crippen LogP contribution is -2.10. The van der Waals surface area contributed by atoms with Gasteiger partial charge in [-0.1, -0.05) is 34.1 Å². The molecule has 0 aliphatic rings. The summed E-state index contributed by atoms with van der Waals surface area (Å²) in [5.41, 5.74) is 0.981. The third-order valence-corrected chi connectivity index (χ3v) is 2.68. The minimum Gasteiger partial charge on any atom is -0.477 e. The lowest BCUT2D eigenvalue weighted by atomic mass is 10.1. The van der Waals surface area contributed by atoms with E-state index in [1.165, 1.54) is 0 Å². The van der Waals surface area contributed by atoms with Crippen molar-refractivity contribution in [1.82, 2.24) is 9.97 Å². The fourth-order valence-electron chi connectivity index (χ4n) is 1.47. The molecule has 0 bridgehead atoms. The molecule has 96 valence electrons. The van der Waals surface area contributed by atoms with Gasteiger partial charge >= 0.3 is 0 Å². The van der Waals surface area contributed by atoms with Gasteiger partial charge in [0.15, 0.2) is 0 Å². The Morgan fingerprint density at radius 2 is 1.94 bits per heavy atom. The van der Waals surface area contributed by atoms with E-state index in [0.717, 1.165) is 31.0 Å². The van der Waals surface area contributed by atoms with Gasteiger partial charge in [0.25, 0.3) is 0 Å². The molecule has 0 spiro atoms. The lowest BCUT2D eigenvalue weighted by molar-refractivity contribution is 0.246. The largest absolute Gasteiger partial charge is 0.477 e. The average Bonchev–Trinajstić information content (AvgIpc) is 2.24. The maximum Gasteiger partial charge on any atom is 0.216 e. The Morgan fingerprint density at radius 3 is 2.53 bits per heavy atom. The second-order valence-electron chi connectivity index (χ2n) is 5.19. The Bertz CT molecular complexity index is 350. The van der Waals surface area contributed by atoms with Crippen molar-refractivity contribution in [1.29, 1.82) is 0 Å². The predicted molar refractivity (Wildman–Crippen MR) is 70.3 cm³/mol. The Kier molecular flexibility index (Phi) is 5.39. The van der Waals surface area contributed by atoms with Crippen LogP contribution in [0.1, 0.15) is 45.6 Å². The van der Waals surface area contributed by atoms with Crippen LogP contribution >= 0.6 is 0 Å². The summed E-state index contributed by atoms with van der Waals surface area (Å²) in [4.78, 5) is 8.88. The number of nitrogens with zero attached hydrogens (tertiary/aromatic N) is 2. The van der Waals surface area contributed by atoms with Crippen molar-refractivity contribution < 1.29 is 4.74 Å². The van der Waals surface area contributed by atoms with Gasteiger partial charge in [0.1, 0.15) is 5.82 Å². The summed E-state index contributed by atoms with van der Waals surface area (Å²) in [7, 11) is 0. The van der Waals surface area contributed by atoms with Gasteiger partial charge in [-0.25, -0.2) is 4.98 Å². The van der Waals surface area contributed by atoms with Gasteiger partial charge in [0.2, 0.25) is 5.88 Å². The Morgan fingerprint density at radius 1 is 1.24 bits per heavy atom. The van der Waals surface area contributed by atoms with Crippen LogP contribution in [0.5, 0.6) is 5.88 Å². The zero-order chi connectivity index (χ0) is 12.8. The molecule has 0 saturated carbocycles. The van der Waals surface area contributed by atoms with Crippen molar-refractivity contribution >= 4 is 0 Å². The monoisotopic (exact) mass is 236 g/mol. The molecular formula is C14H24N2O. The normalized spacial score (nSPS) is 12.8. The maximum absolute atomic E-state index is 5.71. The molecule has 1 rings (SSSR count). The van der Waals surface area contributed by atoms with Gasteiger partial charge in [-0.15, -0.1) is 0 Å². The maximum atomic E-state index is 5.71. The second kappa shape index (κ2) is 6.58. The lowest BCUT2D eigenvalue weighted by Gasteiger charge is -2.12. The van der Waals surface area contributed by atoms with Crippen LogP contribution in [0.15, 0.2) is 6.07 Å². The summed E-state index contributed by atoms with van der Waals surface area (Å²) in [6, 6.07) is 1.91. The number of hydrogen-bond donors (Lipinski definition) is 0. The third kappa shape index (κ3) is 5.16. The van der Waals surface area contributed by atoms with Crippen LogP contribution in [0.25, 0.3) is 0 Å². The first-order valence-electron chi connectivity index (χ1n) is 6.48. The molecule has 1 aromatic heterocycles. The standard InChI is InChI=1S/C14H24N2O/c1-6-11(4)9-17-14-8-12(5)15-13(16-14)7-10(2)3/h8,10-11H,6-7,9H2,1-5H3. The first-order valence-corrected chi connectivity index (χ1v) is 6.48. The zero-order valence-electron chi connectivity index (χ0n) is 11.7. The van der Waals surface area contributed by atoms with Crippen LogP contribution < -0.4 is 4.74 Å². The average molecular weight is 236 g/mol. The predicted octanol–water partition coefficient (Wildman–Crippen LogP) is 3.41. The SMILES string of the molecule is CCC(C)COc1cc(C)nc(CC(C)C)n1. The molecule has 0 aliphatic carbocycles. The molecule has 1 unspecified atom stereocenters. The molecule has 1 heterocycles. The molecule has 0 amide bonds. The van der Waals surface area contributed by atoms with Crippen LogP contribution in [0, 0.1) is 18.8 Å². The number of aryl methyl sites for hydroxylation is 1. The summed E-state index contributed by atoms with van der Waals surface area (Å²) < 4.78 is 5.71. The highest BCUT2D eigenvalue weighted by Gasteiger charge is 2.07. The first kappa shape index (κ1) is 13.9. The van der Waals surface area contributed by atoms with Crippen molar-refractivity contribution in [3.05, 3.63) is 17.6 Å². The van der Waals surface area contributed by atoms with Crippen LogP contribution in [0.3, 0.4) is 0 Å². The molecule has 0 radical (unpaired) electrons. The van der Waals surface area contributed by atoms with Gasteiger partial charge in [-0.2, -0.15) is 4.98 Å². The molecule has 0 aliphatic heterocycles. The molecular weight excluding hydrogens is 212 g/mol. The third-order valence-electron chi connectivity index (χ3n) is 2.68. The molecule has 0 N–H and O–H groups in total. The molecule has 0 saturated heterocycles. The van der Waals surface area contributed by atoms with Crippen molar-refractivity contribution in [2.45, 2.75) is 47.5 Å². The van der Waals surface area contributed by atoms with Gasteiger partial charge in [-0.3, -0.25) is 0 Å². The van der Waals surface area contributed by atoms with Crippen LogP contribution in [-0.4, -0.2) is 16.6 Å². The molecule has 3 nitrogen and oxygen atoms in total. The second-order valence-corrected chi connectivity index (χ2v) is 5.19. The van der Waals surface area contributed by atoms with E-state index in [1.54, 1.807) is 0 Å². The van der Waals surface area contributed by atoms with E-state index in [2.05, 4.69) is 37.7 Å². The summed E-state index contributed by atoms with van der Waals surface area (Å²) in [5.74, 6) is 2.74. The Balaban J connectivity index is 2.68. The summed E-state index contributed by atoms with van der Waals surface area (Å²) in [6.07, 6.45) is 2.03. The highest BCUT2D eigenvalue weighted by Crippen LogP contribution is 2.13. The quantitative estimate of drug-likeness (QED) is 0.759. The van der Waals surface area contributed by atoms with Crippen molar-refractivity contribution in [2.75, 3.05) is 6.61 Å². The summed E-state index contributed by atoms with van der Waals surface area (Å²) in [6.45, 7) is 11.4. The van der Waals surface area contributed by atoms with E-state index >= 15 is 0 Å². The van der Waals surface area contributed by atoms with Crippen LogP contribution in [-0.2, 0) is 6.42 Å². The van der Waals surface area contributed by atoms with Gasteiger partial charge in [-0.05, 0) is 18.8 Å². The number of rotatable bonds is 6. The van der Waals surface area contributed by atoms with Gasteiger partial charge in [0.05, 0.1) is 6.61 Å². The van der Waals surface area contributed by atoms with Crippen molar-refractivity contribution in [3.63, 3.8) is 0 Å². The highest BCUT2D eigenvalue weighted by molar-refractivity contribution is 5.15. The number of aromatic nitrogens is 2.